The Morgan fingerprint density at radius 3 is 2.30 bits per heavy atom. The first-order valence-corrected chi connectivity index (χ1v) is 9.22. The average molecular weight is 393 g/mol. The van der Waals surface area contributed by atoms with Gasteiger partial charge in [0.25, 0.3) is 0 Å². The van der Waals surface area contributed by atoms with E-state index in [2.05, 4.69) is 15.9 Å². The lowest BCUT2D eigenvalue weighted by Crippen LogP contribution is -2.05. The molecule has 3 rings (SSSR count). The Hall–Kier alpha value is -1.59. The number of fused-ring (bicyclic) bond motifs is 1. The van der Waals surface area contributed by atoms with Gasteiger partial charge in [0.05, 0.1) is 33.8 Å². The summed E-state index contributed by atoms with van der Waals surface area (Å²) in [6, 6.07) is 13.3. The second-order valence-electron chi connectivity index (χ2n) is 5.46. The van der Waals surface area contributed by atoms with E-state index in [1.807, 2.05) is 56.3 Å². The maximum Gasteiger partial charge on any atom is 0.120 e. The second kappa shape index (κ2) is 6.49. The third-order valence-corrected chi connectivity index (χ3v) is 6.13. The predicted octanol–water partition coefficient (Wildman–Crippen LogP) is 4.82. The molecule has 1 aliphatic heterocycles. The summed E-state index contributed by atoms with van der Waals surface area (Å²) in [5.74, 6) is 1.52. The fraction of sp³-hybridized carbons (Fsp3) is 0.222. The first kappa shape index (κ1) is 16.3. The number of hydrogen-bond donors (Lipinski definition) is 0. The molecule has 0 spiro atoms. The summed E-state index contributed by atoms with van der Waals surface area (Å²) in [5, 5.41) is 0. The molecule has 0 radical (unpaired) electrons. The smallest absolute Gasteiger partial charge is 0.120 e. The highest BCUT2D eigenvalue weighted by molar-refractivity contribution is 9.15. The van der Waals surface area contributed by atoms with Crippen LogP contribution in [0, 0.1) is 0 Å². The van der Waals surface area contributed by atoms with E-state index in [1.165, 1.54) is 0 Å². The van der Waals surface area contributed by atoms with Crippen molar-refractivity contribution < 1.29 is 13.7 Å². The van der Waals surface area contributed by atoms with Crippen LogP contribution in [-0.4, -0.2) is 17.4 Å². The summed E-state index contributed by atoms with van der Waals surface area (Å²) in [5.41, 5.74) is 1.86. The normalized spacial score (nSPS) is 16.7. The monoisotopic (exact) mass is 392 g/mol. The van der Waals surface area contributed by atoms with Crippen LogP contribution < -0.4 is 9.47 Å². The summed E-state index contributed by atoms with van der Waals surface area (Å²) in [6.07, 6.45) is 0.0837. The summed E-state index contributed by atoms with van der Waals surface area (Å²) in [4.78, 5) is 1.56. The molecule has 0 aliphatic carbocycles. The van der Waals surface area contributed by atoms with Gasteiger partial charge < -0.3 is 9.47 Å². The first-order valence-electron chi connectivity index (χ1n) is 7.28. The van der Waals surface area contributed by atoms with Crippen LogP contribution in [0.1, 0.15) is 25.0 Å². The number of methoxy groups -OCH3 is 1. The summed E-state index contributed by atoms with van der Waals surface area (Å²) in [7, 11) is 0.391. The van der Waals surface area contributed by atoms with E-state index >= 15 is 0 Å². The van der Waals surface area contributed by atoms with Crippen molar-refractivity contribution in [2.24, 2.45) is 0 Å². The van der Waals surface area contributed by atoms with Crippen molar-refractivity contribution in [3.05, 3.63) is 53.6 Å². The Kier molecular flexibility index (Phi) is 4.60. The van der Waals surface area contributed by atoms with E-state index in [9.17, 15) is 4.21 Å². The van der Waals surface area contributed by atoms with Crippen LogP contribution in [-0.2, 0) is 10.8 Å². The van der Waals surface area contributed by atoms with E-state index in [1.54, 1.807) is 7.11 Å². The van der Waals surface area contributed by atoms with E-state index in [0.717, 1.165) is 36.9 Å². The molecule has 2 aromatic carbocycles. The van der Waals surface area contributed by atoms with Crippen LogP contribution in [0.15, 0.2) is 47.4 Å². The number of benzene rings is 2. The van der Waals surface area contributed by atoms with Gasteiger partial charge in [-0.05, 0) is 65.7 Å². The molecule has 0 amide bonds. The predicted molar refractivity (Wildman–Crippen MR) is 97.3 cm³/mol. The van der Waals surface area contributed by atoms with Crippen molar-refractivity contribution in [3.8, 4) is 11.5 Å². The zero-order valence-corrected chi connectivity index (χ0v) is 15.5. The fourth-order valence-electron chi connectivity index (χ4n) is 2.47. The van der Waals surface area contributed by atoms with Gasteiger partial charge in [0.1, 0.15) is 11.5 Å². The SMILES string of the molecule is COc1ccc(C2=C(Br)c3ccc(OC(C)C)cc3S2=O)cc1. The van der Waals surface area contributed by atoms with E-state index < -0.39 is 10.8 Å². The van der Waals surface area contributed by atoms with Gasteiger partial charge in [-0.3, -0.25) is 0 Å². The number of ether oxygens (including phenoxy) is 2. The zero-order chi connectivity index (χ0) is 16.6. The lowest BCUT2D eigenvalue weighted by Gasteiger charge is -2.10. The topological polar surface area (TPSA) is 35.5 Å². The Morgan fingerprint density at radius 2 is 1.70 bits per heavy atom. The molecule has 5 heteroatoms. The third kappa shape index (κ3) is 3.08. The van der Waals surface area contributed by atoms with Gasteiger partial charge in [-0.25, -0.2) is 4.21 Å². The van der Waals surface area contributed by atoms with Gasteiger partial charge in [0.2, 0.25) is 0 Å². The average Bonchev–Trinajstić information content (AvgIpc) is 2.78. The molecule has 2 aromatic rings. The lowest BCUT2D eigenvalue weighted by molar-refractivity contribution is 0.242. The fourth-order valence-corrected chi connectivity index (χ4v) is 5.06. The Balaban J connectivity index is 2.00. The minimum Gasteiger partial charge on any atom is -0.497 e. The standard InChI is InChI=1S/C18H17BrO3S/c1-11(2)22-14-8-9-15-16(10-14)23(20)18(17(15)19)12-4-6-13(21-3)7-5-12/h4-11H,1-3H3. The highest BCUT2D eigenvalue weighted by Crippen LogP contribution is 2.46. The van der Waals surface area contributed by atoms with Crippen molar-refractivity contribution >= 4 is 36.1 Å². The van der Waals surface area contributed by atoms with Crippen LogP contribution in [0.3, 0.4) is 0 Å². The Bertz CT molecular complexity index is 794. The molecule has 3 nitrogen and oxygen atoms in total. The number of halogens is 1. The molecule has 1 heterocycles. The maximum atomic E-state index is 12.9. The van der Waals surface area contributed by atoms with Crippen LogP contribution in [0.5, 0.6) is 11.5 Å². The number of hydrogen-bond acceptors (Lipinski definition) is 3. The second-order valence-corrected chi connectivity index (χ2v) is 7.64. The third-order valence-electron chi connectivity index (χ3n) is 3.50. The molecule has 1 atom stereocenters. The summed E-state index contributed by atoms with van der Waals surface area (Å²) in [6.45, 7) is 3.95. The molecule has 0 saturated heterocycles. The maximum absolute atomic E-state index is 12.9. The molecule has 0 bridgehead atoms. The molecule has 23 heavy (non-hydrogen) atoms. The van der Waals surface area contributed by atoms with Gasteiger partial charge in [-0.1, -0.05) is 12.1 Å². The van der Waals surface area contributed by atoms with Crippen molar-refractivity contribution in [2.75, 3.05) is 7.11 Å². The quantitative estimate of drug-likeness (QED) is 0.747. The van der Waals surface area contributed by atoms with Crippen LogP contribution in [0.4, 0.5) is 0 Å². The van der Waals surface area contributed by atoms with E-state index in [4.69, 9.17) is 9.47 Å². The molecule has 0 fully saturated rings. The Morgan fingerprint density at radius 1 is 1.04 bits per heavy atom. The lowest BCUT2D eigenvalue weighted by atomic mass is 10.1. The highest BCUT2D eigenvalue weighted by atomic mass is 79.9. The first-order chi connectivity index (χ1) is 11.0. The van der Waals surface area contributed by atoms with Crippen LogP contribution >= 0.6 is 15.9 Å². The largest absolute Gasteiger partial charge is 0.497 e. The van der Waals surface area contributed by atoms with Crippen LogP contribution in [0.25, 0.3) is 9.39 Å². The number of rotatable bonds is 4. The van der Waals surface area contributed by atoms with Gasteiger partial charge >= 0.3 is 0 Å². The molecule has 1 unspecified atom stereocenters. The van der Waals surface area contributed by atoms with Crippen molar-refractivity contribution in [1.82, 2.24) is 0 Å². The molecular formula is C18H17BrO3S. The summed E-state index contributed by atoms with van der Waals surface area (Å²) < 4.78 is 24.7. The molecule has 120 valence electrons. The van der Waals surface area contributed by atoms with Gasteiger partial charge in [0.15, 0.2) is 0 Å². The minimum atomic E-state index is -1.24. The van der Waals surface area contributed by atoms with Crippen molar-refractivity contribution in [1.29, 1.82) is 0 Å². The van der Waals surface area contributed by atoms with E-state index in [0.29, 0.717) is 0 Å². The van der Waals surface area contributed by atoms with Gasteiger partial charge in [0, 0.05) is 10.0 Å². The van der Waals surface area contributed by atoms with Crippen molar-refractivity contribution in [3.63, 3.8) is 0 Å². The van der Waals surface area contributed by atoms with Gasteiger partial charge in [-0.15, -0.1) is 0 Å². The minimum absolute atomic E-state index is 0.0837. The molecule has 0 N–H and O–H groups in total. The molecular weight excluding hydrogens is 376 g/mol. The molecule has 1 aliphatic rings. The zero-order valence-electron chi connectivity index (χ0n) is 13.1. The van der Waals surface area contributed by atoms with Gasteiger partial charge in [-0.2, -0.15) is 0 Å². The Labute approximate surface area is 146 Å². The molecule has 0 aromatic heterocycles. The molecule has 0 saturated carbocycles. The van der Waals surface area contributed by atoms with E-state index in [-0.39, 0.29) is 6.10 Å². The highest BCUT2D eigenvalue weighted by Gasteiger charge is 2.29. The van der Waals surface area contributed by atoms with Crippen LogP contribution in [0.2, 0.25) is 0 Å². The van der Waals surface area contributed by atoms with Crippen molar-refractivity contribution in [2.45, 2.75) is 24.8 Å². The summed E-state index contributed by atoms with van der Waals surface area (Å²) >= 11 is 3.61.